The number of benzene rings is 2. The number of hydrogen-bond acceptors (Lipinski definition) is 3. The van der Waals surface area contributed by atoms with Gasteiger partial charge in [-0.15, -0.1) is 5.73 Å². The van der Waals surface area contributed by atoms with Crippen molar-refractivity contribution in [3.63, 3.8) is 0 Å². The predicted molar refractivity (Wildman–Crippen MR) is 112 cm³/mol. The summed E-state index contributed by atoms with van der Waals surface area (Å²) in [7, 11) is -3.62. The van der Waals surface area contributed by atoms with Gasteiger partial charge in [0.1, 0.15) is 0 Å². The van der Waals surface area contributed by atoms with Crippen LogP contribution in [-0.4, -0.2) is 36.5 Å². The highest BCUT2D eigenvalue weighted by Gasteiger charge is 2.42. The standard InChI is InChI=1S/C23H27NO3S/c1-17-5-9-19(10-6-17)11-12-20-15-24(16-22(20)23(3,4)25)28(26,27)21-13-7-18(2)8-14-21/h5-11,13-14,22,25H,15-16H2,1-4H3. The zero-order valence-electron chi connectivity index (χ0n) is 16.8. The van der Waals surface area contributed by atoms with E-state index in [1.54, 1.807) is 38.1 Å². The minimum atomic E-state index is -3.62. The van der Waals surface area contributed by atoms with Crippen LogP contribution in [0.5, 0.6) is 0 Å². The quantitative estimate of drug-likeness (QED) is 0.795. The Bertz CT molecular complexity index is 1010. The zero-order valence-corrected chi connectivity index (χ0v) is 17.6. The third-order valence-corrected chi connectivity index (χ3v) is 6.99. The second kappa shape index (κ2) is 7.69. The maximum atomic E-state index is 13.1. The maximum absolute atomic E-state index is 13.1. The Morgan fingerprint density at radius 2 is 1.57 bits per heavy atom. The minimum absolute atomic E-state index is 0.229. The van der Waals surface area contributed by atoms with E-state index in [-0.39, 0.29) is 23.9 Å². The number of rotatable bonds is 4. The average Bonchev–Trinajstić information content (AvgIpc) is 3.07. The Morgan fingerprint density at radius 1 is 1.04 bits per heavy atom. The lowest BCUT2D eigenvalue weighted by atomic mass is 9.87. The van der Waals surface area contributed by atoms with Gasteiger partial charge in [0.25, 0.3) is 0 Å². The third kappa shape index (κ3) is 4.45. The van der Waals surface area contributed by atoms with Crippen molar-refractivity contribution in [2.45, 2.75) is 38.2 Å². The minimum Gasteiger partial charge on any atom is -0.390 e. The Hall–Kier alpha value is -2.17. The van der Waals surface area contributed by atoms with Gasteiger partial charge < -0.3 is 5.11 Å². The predicted octanol–water partition coefficient (Wildman–Crippen LogP) is 3.93. The lowest BCUT2D eigenvalue weighted by Crippen LogP contribution is -2.35. The van der Waals surface area contributed by atoms with E-state index in [0.717, 1.165) is 16.7 Å². The molecule has 2 aromatic rings. The number of aryl methyl sites for hydroxylation is 2. The first-order chi connectivity index (χ1) is 13.1. The second-order valence-corrected chi connectivity index (χ2v) is 9.98. The summed E-state index contributed by atoms with van der Waals surface area (Å²) in [5, 5.41) is 10.6. The number of aliphatic hydroxyl groups is 1. The molecule has 0 aliphatic carbocycles. The second-order valence-electron chi connectivity index (χ2n) is 8.04. The van der Waals surface area contributed by atoms with E-state index < -0.39 is 15.6 Å². The van der Waals surface area contributed by atoms with Crippen LogP contribution in [0.25, 0.3) is 6.08 Å². The Morgan fingerprint density at radius 3 is 2.11 bits per heavy atom. The van der Waals surface area contributed by atoms with Crippen molar-refractivity contribution in [3.8, 4) is 0 Å². The molecule has 1 fully saturated rings. The van der Waals surface area contributed by atoms with Crippen LogP contribution in [0, 0.1) is 19.8 Å². The van der Waals surface area contributed by atoms with Gasteiger partial charge in [-0.25, -0.2) is 8.42 Å². The fourth-order valence-corrected chi connectivity index (χ4v) is 4.79. The normalized spacial score (nSPS) is 18.2. The molecule has 1 aliphatic heterocycles. The van der Waals surface area contributed by atoms with Crippen molar-refractivity contribution >= 4 is 16.1 Å². The van der Waals surface area contributed by atoms with E-state index in [1.165, 1.54) is 9.87 Å². The smallest absolute Gasteiger partial charge is 0.243 e. The van der Waals surface area contributed by atoms with Crippen LogP contribution in [0.4, 0.5) is 0 Å². The van der Waals surface area contributed by atoms with E-state index in [2.05, 4.69) is 5.73 Å². The van der Waals surface area contributed by atoms with Gasteiger partial charge in [-0.2, -0.15) is 4.31 Å². The first-order valence-corrected chi connectivity index (χ1v) is 10.8. The third-order valence-electron chi connectivity index (χ3n) is 5.17. The van der Waals surface area contributed by atoms with Gasteiger partial charge in [-0.3, -0.25) is 0 Å². The van der Waals surface area contributed by atoms with Gasteiger partial charge in [0.2, 0.25) is 10.0 Å². The van der Waals surface area contributed by atoms with Crippen LogP contribution in [0.3, 0.4) is 0 Å². The molecule has 1 unspecified atom stereocenters. The fourth-order valence-electron chi connectivity index (χ4n) is 3.36. The van der Waals surface area contributed by atoms with Gasteiger partial charge in [0.15, 0.2) is 0 Å². The monoisotopic (exact) mass is 397 g/mol. The molecule has 1 aliphatic rings. The van der Waals surface area contributed by atoms with Crippen LogP contribution in [0.2, 0.25) is 0 Å². The van der Waals surface area contributed by atoms with Crippen LogP contribution >= 0.6 is 0 Å². The summed E-state index contributed by atoms with van der Waals surface area (Å²) in [5.74, 6) is -0.311. The van der Waals surface area contributed by atoms with Gasteiger partial charge in [-0.05, 0) is 57.0 Å². The summed E-state index contributed by atoms with van der Waals surface area (Å²) < 4.78 is 27.6. The lowest BCUT2D eigenvalue weighted by Gasteiger charge is -2.25. The Labute approximate surface area is 167 Å². The lowest BCUT2D eigenvalue weighted by molar-refractivity contribution is 0.0367. The number of hydrogen-bond donors (Lipinski definition) is 1. The van der Waals surface area contributed by atoms with Crippen molar-refractivity contribution in [1.82, 2.24) is 4.31 Å². The molecular weight excluding hydrogens is 370 g/mol. The molecule has 0 spiro atoms. The van der Waals surface area contributed by atoms with Gasteiger partial charge >= 0.3 is 0 Å². The van der Waals surface area contributed by atoms with Gasteiger partial charge in [-0.1, -0.05) is 47.5 Å². The highest BCUT2D eigenvalue weighted by molar-refractivity contribution is 7.89. The number of nitrogens with zero attached hydrogens (tertiary/aromatic N) is 1. The summed E-state index contributed by atoms with van der Waals surface area (Å²) in [6, 6.07) is 14.9. The molecule has 4 nitrogen and oxygen atoms in total. The molecule has 1 saturated heterocycles. The maximum Gasteiger partial charge on any atom is 0.243 e. The first kappa shape index (κ1) is 20.6. The van der Waals surface area contributed by atoms with Crippen LogP contribution < -0.4 is 0 Å². The molecule has 3 rings (SSSR count). The summed E-state index contributed by atoms with van der Waals surface area (Å²) in [6.07, 6.45) is 1.86. The van der Waals surface area contributed by atoms with Crippen molar-refractivity contribution in [2.75, 3.05) is 13.1 Å². The summed E-state index contributed by atoms with van der Waals surface area (Å²) in [6.45, 7) is 7.85. The van der Waals surface area contributed by atoms with Crippen molar-refractivity contribution in [2.24, 2.45) is 5.92 Å². The fraction of sp³-hybridized carbons (Fsp3) is 0.348. The van der Waals surface area contributed by atoms with E-state index in [4.69, 9.17) is 0 Å². The SMILES string of the molecule is Cc1ccc(C=C=C2CN(S(=O)(=O)c3ccc(C)cc3)CC2C(C)(C)O)cc1. The highest BCUT2D eigenvalue weighted by Crippen LogP contribution is 2.34. The summed E-state index contributed by atoms with van der Waals surface area (Å²) in [4.78, 5) is 0.274. The Balaban J connectivity index is 1.96. The van der Waals surface area contributed by atoms with Crippen LogP contribution in [0.15, 0.2) is 64.7 Å². The molecule has 0 aromatic heterocycles. The highest BCUT2D eigenvalue weighted by atomic mass is 32.2. The molecule has 0 bridgehead atoms. The summed E-state index contributed by atoms with van der Waals surface area (Å²) in [5.41, 5.74) is 6.20. The molecule has 0 radical (unpaired) electrons. The average molecular weight is 398 g/mol. The molecule has 5 heteroatoms. The van der Waals surface area contributed by atoms with E-state index >= 15 is 0 Å². The molecule has 1 atom stereocenters. The molecule has 148 valence electrons. The van der Waals surface area contributed by atoms with Crippen LogP contribution in [-0.2, 0) is 10.0 Å². The molecule has 1 N–H and O–H groups in total. The van der Waals surface area contributed by atoms with Crippen molar-refractivity contribution in [3.05, 3.63) is 76.5 Å². The molecule has 2 aromatic carbocycles. The Kier molecular flexibility index (Phi) is 5.64. The van der Waals surface area contributed by atoms with E-state index in [0.29, 0.717) is 0 Å². The summed E-state index contributed by atoms with van der Waals surface area (Å²) >= 11 is 0. The number of sulfonamides is 1. The molecule has 0 saturated carbocycles. The molecule has 0 amide bonds. The zero-order chi connectivity index (χ0) is 20.5. The van der Waals surface area contributed by atoms with Gasteiger partial charge in [0.05, 0.1) is 10.5 Å². The molecular formula is C23H27NO3S. The van der Waals surface area contributed by atoms with Crippen molar-refractivity contribution < 1.29 is 13.5 Å². The molecule has 28 heavy (non-hydrogen) atoms. The van der Waals surface area contributed by atoms with E-state index in [9.17, 15) is 13.5 Å². The van der Waals surface area contributed by atoms with E-state index in [1.807, 2.05) is 44.2 Å². The van der Waals surface area contributed by atoms with Gasteiger partial charge in [0, 0.05) is 19.0 Å². The largest absolute Gasteiger partial charge is 0.390 e. The van der Waals surface area contributed by atoms with Crippen LogP contribution in [0.1, 0.15) is 30.5 Å². The topological polar surface area (TPSA) is 57.6 Å². The molecule has 1 heterocycles. The first-order valence-electron chi connectivity index (χ1n) is 9.39. The van der Waals surface area contributed by atoms with Crippen molar-refractivity contribution in [1.29, 1.82) is 0 Å².